The minimum atomic E-state index is -0.420. The zero-order valence-electron chi connectivity index (χ0n) is 10.6. The van der Waals surface area contributed by atoms with Gasteiger partial charge in [0.05, 0.1) is 19.8 Å². The largest absolute Gasteiger partial charge is 0.496 e. The Hall–Kier alpha value is -1.62. The molecule has 0 saturated heterocycles. The molecule has 0 saturated carbocycles. The molecule has 1 rings (SSSR count). The van der Waals surface area contributed by atoms with Crippen molar-refractivity contribution in [2.45, 2.75) is 25.9 Å². The highest BCUT2D eigenvalue weighted by molar-refractivity contribution is 5.73. The Morgan fingerprint density at radius 2 is 2.22 bits per heavy atom. The minimum Gasteiger partial charge on any atom is -0.496 e. The monoisotopic (exact) mass is 255 g/mol. The van der Waals surface area contributed by atoms with Crippen molar-refractivity contribution in [3.63, 3.8) is 0 Å². The van der Waals surface area contributed by atoms with Gasteiger partial charge >= 0.3 is 0 Å². The molecule has 1 amide bonds. The third-order valence-corrected chi connectivity index (χ3v) is 2.58. The molecule has 4 nitrogen and oxygen atoms in total. The molecule has 0 aliphatic rings. The molecule has 0 heterocycles. The first-order chi connectivity index (χ1) is 8.58. The molecule has 18 heavy (non-hydrogen) atoms. The first kappa shape index (κ1) is 14.4. The summed E-state index contributed by atoms with van der Waals surface area (Å²) in [5, 5.41) is 0. The number of carbonyl (C=O) groups is 1. The molecule has 0 aliphatic heterocycles. The zero-order valence-corrected chi connectivity index (χ0v) is 10.6. The van der Waals surface area contributed by atoms with Crippen LogP contribution in [0.3, 0.4) is 0 Å². The summed E-state index contributed by atoms with van der Waals surface area (Å²) in [4.78, 5) is 10.6. The van der Waals surface area contributed by atoms with Crippen molar-refractivity contribution in [2.75, 3.05) is 13.7 Å². The highest BCUT2D eigenvalue weighted by Gasteiger charge is 2.16. The third kappa shape index (κ3) is 4.00. The molecule has 0 spiro atoms. The normalized spacial score (nSPS) is 12.2. The molecule has 0 aliphatic carbocycles. The fourth-order valence-corrected chi connectivity index (χ4v) is 1.69. The van der Waals surface area contributed by atoms with E-state index in [1.165, 1.54) is 19.2 Å². The predicted octanol–water partition coefficient (Wildman–Crippen LogP) is 2.18. The Labute approximate surface area is 106 Å². The molecular formula is C13H18FNO3. The van der Waals surface area contributed by atoms with Crippen molar-refractivity contribution >= 4 is 5.91 Å². The molecule has 0 radical (unpaired) electrons. The van der Waals surface area contributed by atoms with E-state index in [-0.39, 0.29) is 24.9 Å². The van der Waals surface area contributed by atoms with Crippen LogP contribution in [0.25, 0.3) is 0 Å². The van der Waals surface area contributed by atoms with Gasteiger partial charge in [-0.15, -0.1) is 0 Å². The highest BCUT2D eigenvalue weighted by atomic mass is 19.1. The molecule has 2 N–H and O–H groups in total. The maximum absolute atomic E-state index is 13.2. The van der Waals surface area contributed by atoms with Gasteiger partial charge in [-0.05, 0) is 24.6 Å². The highest BCUT2D eigenvalue weighted by Crippen LogP contribution is 2.30. The van der Waals surface area contributed by atoms with E-state index >= 15 is 0 Å². The quantitative estimate of drug-likeness (QED) is 0.812. The Morgan fingerprint density at radius 1 is 1.50 bits per heavy atom. The van der Waals surface area contributed by atoms with Crippen LogP contribution < -0.4 is 10.5 Å². The summed E-state index contributed by atoms with van der Waals surface area (Å²) < 4.78 is 24.0. The SMILES string of the molecule is CC[C@H](OCCC(N)=O)c1cc(F)ccc1OC. The lowest BCUT2D eigenvalue weighted by Crippen LogP contribution is -2.15. The lowest BCUT2D eigenvalue weighted by Gasteiger charge is -2.19. The average molecular weight is 255 g/mol. The van der Waals surface area contributed by atoms with E-state index in [2.05, 4.69) is 0 Å². The van der Waals surface area contributed by atoms with E-state index < -0.39 is 5.91 Å². The Balaban J connectivity index is 2.80. The first-order valence-corrected chi connectivity index (χ1v) is 5.81. The summed E-state index contributed by atoms with van der Waals surface area (Å²) in [6.07, 6.45) is 0.488. The fourth-order valence-electron chi connectivity index (χ4n) is 1.69. The van der Waals surface area contributed by atoms with Crippen LogP contribution in [0.1, 0.15) is 31.4 Å². The van der Waals surface area contributed by atoms with Crippen molar-refractivity contribution in [3.05, 3.63) is 29.6 Å². The second-order valence-electron chi connectivity index (χ2n) is 3.87. The van der Waals surface area contributed by atoms with Gasteiger partial charge in [0, 0.05) is 12.0 Å². The molecule has 0 aromatic heterocycles. The van der Waals surface area contributed by atoms with Crippen LogP contribution in [0.5, 0.6) is 5.75 Å². The van der Waals surface area contributed by atoms with Gasteiger partial charge in [-0.2, -0.15) is 0 Å². The van der Waals surface area contributed by atoms with Gasteiger partial charge in [-0.3, -0.25) is 4.79 Å². The van der Waals surface area contributed by atoms with Crippen molar-refractivity contribution in [3.8, 4) is 5.75 Å². The zero-order chi connectivity index (χ0) is 13.5. The van der Waals surface area contributed by atoms with Gasteiger partial charge in [0.25, 0.3) is 0 Å². The van der Waals surface area contributed by atoms with Gasteiger partial charge < -0.3 is 15.2 Å². The number of primary amides is 1. The van der Waals surface area contributed by atoms with Crippen molar-refractivity contribution in [1.29, 1.82) is 0 Å². The Bertz CT molecular complexity index is 409. The van der Waals surface area contributed by atoms with Crippen LogP contribution in [0.2, 0.25) is 0 Å². The van der Waals surface area contributed by atoms with E-state index in [0.717, 1.165) is 0 Å². The molecule has 0 fully saturated rings. The van der Waals surface area contributed by atoms with E-state index in [4.69, 9.17) is 15.2 Å². The van der Waals surface area contributed by atoms with E-state index in [1.807, 2.05) is 6.92 Å². The summed E-state index contributed by atoms with van der Waals surface area (Å²) in [5.74, 6) is -0.193. The molecule has 100 valence electrons. The molecule has 0 bridgehead atoms. The number of halogens is 1. The first-order valence-electron chi connectivity index (χ1n) is 5.81. The molecule has 1 atom stereocenters. The number of nitrogens with two attached hydrogens (primary N) is 1. The third-order valence-electron chi connectivity index (χ3n) is 2.58. The fraction of sp³-hybridized carbons (Fsp3) is 0.462. The Kier molecular flexibility index (Phi) is 5.58. The molecule has 1 aromatic rings. The minimum absolute atomic E-state index is 0.147. The van der Waals surface area contributed by atoms with Crippen molar-refractivity contribution in [2.24, 2.45) is 5.73 Å². The summed E-state index contributed by atoms with van der Waals surface area (Å²) in [5.41, 5.74) is 5.68. The number of ether oxygens (including phenoxy) is 2. The average Bonchev–Trinajstić information content (AvgIpc) is 2.34. The van der Waals surface area contributed by atoms with E-state index in [0.29, 0.717) is 17.7 Å². The number of hydrogen-bond donors (Lipinski definition) is 1. The maximum Gasteiger partial charge on any atom is 0.219 e. The predicted molar refractivity (Wildman–Crippen MR) is 65.7 cm³/mol. The van der Waals surface area contributed by atoms with Crippen LogP contribution in [0.15, 0.2) is 18.2 Å². The lowest BCUT2D eigenvalue weighted by molar-refractivity contribution is -0.119. The van der Waals surface area contributed by atoms with Crippen molar-refractivity contribution in [1.82, 2.24) is 0 Å². The molecule has 5 heteroatoms. The van der Waals surface area contributed by atoms with Crippen LogP contribution in [-0.4, -0.2) is 19.6 Å². The second kappa shape index (κ2) is 6.96. The maximum atomic E-state index is 13.2. The standard InChI is InChI=1S/C13H18FNO3/c1-3-11(18-7-6-13(15)16)10-8-9(14)4-5-12(10)17-2/h4-5,8,11H,3,6-7H2,1-2H3,(H2,15,16)/t11-/m0/s1. The number of benzene rings is 1. The van der Waals surface area contributed by atoms with Gasteiger partial charge in [0.15, 0.2) is 0 Å². The summed E-state index contributed by atoms with van der Waals surface area (Å²) in [6.45, 7) is 2.13. The Morgan fingerprint density at radius 3 is 2.78 bits per heavy atom. The van der Waals surface area contributed by atoms with Crippen LogP contribution in [0.4, 0.5) is 4.39 Å². The topological polar surface area (TPSA) is 61.5 Å². The number of methoxy groups -OCH3 is 1. The van der Waals surface area contributed by atoms with Crippen LogP contribution in [-0.2, 0) is 9.53 Å². The van der Waals surface area contributed by atoms with Gasteiger partial charge in [-0.25, -0.2) is 4.39 Å². The van der Waals surface area contributed by atoms with Gasteiger partial charge in [0.1, 0.15) is 11.6 Å². The number of hydrogen-bond acceptors (Lipinski definition) is 3. The second-order valence-corrected chi connectivity index (χ2v) is 3.87. The number of rotatable bonds is 7. The number of amides is 1. The molecular weight excluding hydrogens is 237 g/mol. The van der Waals surface area contributed by atoms with Crippen molar-refractivity contribution < 1.29 is 18.7 Å². The lowest BCUT2D eigenvalue weighted by atomic mass is 10.1. The van der Waals surface area contributed by atoms with Crippen LogP contribution in [0, 0.1) is 5.82 Å². The smallest absolute Gasteiger partial charge is 0.219 e. The summed E-state index contributed by atoms with van der Waals surface area (Å²) >= 11 is 0. The van der Waals surface area contributed by atoms with E-state index in [9.17, 15) is 9.18 Å². The van der Waals surface area contributed by atoms with Crippen LogP contribution >= 0.6 is 0 Å². The summed E-state index contributed by atoms with van der Waals surface area (Å²) in [7, 11) is 1.52. The molecule has 1 aromatic carbocycles. The molecule has 0 unspecified atom stereocenters. The number of carbonyl (C=O) groups excluding carboxylic acids is 1. The summed E-state index contributed by atoms with van der Waals surface area (Å²) in [6, 6.07) is 4.28. The van der Waals surface area contributed by atoms with Gasteiger partial charge in [0.2, 0.25) is 5.91 Å². The van der Waals surface area contributed by atoms with Gasteiger partial charge in [-0.1, -0.05) is 6.92 Å². The van der Waals surface area contributed by atoms with E-state index in [1.54, 1.807) is 6.07 Å².